The summed E-state index contributed by atoms with van der Waals surface area (Å²) in [6.07, 6.45) is 3.70. The molecule has 2 rings (SSSR count). The lowest BCUT2D eigenvalue weighted by Gasteiger charge is -2.38. The molecule has 1 aromatic rings. The van der Waals surface area contributed by atoms with Crippen LogP contribution < -0.4 is 10.0 Å². The van der Waals surface area contributed by atoms with Crippen LogP contribution in [0.2, 0.25) is 5.02 Å². The van der Waals surface area contributed by atoms with Gasteiger partial charge >= 0.3 is 0 Å². The number of sulfonamides is 1. The second-order valence-electron chi connectivity index (χ2n) is 5.24. The van der Waals surface area contributed by atoms with Crippen LogP contribution in [-0.4, -0.2) is 33.3 Å². The van der Waals surface area contributed by atoms with E-state index >= 15 is 0 Å². The van der Waals surface area contributed by atoms with E-state index in [1.54, 1.807) is 0 Å². The highest BCUT2D eigenvalue weighted by atomic mass is 79.9. The van der Waals surface area contributed by atoms with Crippen LogP contribution >= 0.6 is 28.6 Å². The SMILES string of the molecule is Br.CS(=O)(=O)NC1(Cc2ccc(Cl)cc2)CCCNC1. The molecule has 7 heteroatoms. The summed E-state index contributed by atoms with van der Waals surface area (Å²) in [6, 6.07) is 7.56. The lowest BCUT2D eigenvalue weighted by Crippen LogP contribution is -2.58. The molecule has 4 nitrogen and oxygen atoms in total. The highest BCUT2D eigenvalue weighted by molar-refractivity contribution is 8.93. The minimum absolute atomic E-state index is 0. The maximum absolute atomic E-state index is 11.6. The number of halogens is 2. The third-order valence-electron chi connectivity index (χ3n) is 3.33. The summed E-state index contributed by atoms with van der Waals surface area (Å²) in [5.74, 6) is 0. The van der Waals surface area contributed by atoms with Crippen LogP contribution in [0.4, 0.5) is 0 Å². The smallest absolute Gasteiger partial charge is 0.209 e. The van der Waals surface area contributed by atoms with Crippen molar-refractivity contribution in [3.63, 3.8) is 0 Å². The van der Waals surface area contributed by atoms with E-state index in [-0.39, 0.29) is 17.0 Å². The van der Waals surface area contributed by atoms with Crippen molar-refractivity contribution in [2.75, 3.05) is 19.3 Å². The normalized spacial score (nSPS) is 23.1. The molecule has 0 aliphatic carbocycles. The van der Waals surface area contributed by atoms with E-state index in [1.165, 1.54) is 6.26 Å². The van der Waals surface area contributed by atoms with Crippen LogP contribution in [-0.2, 0) is 16.4 Å². The molecule has 1 aliphatic rings. The topological polar surface area (TPSA) is 58.2 Å². The highest BCUT2D eigenvalue weighted by Crippen LogP contribution is 2.23. The van der Waals surface area contributed by atoms with E-state index in [1.807, 2.05) is 24.3 Å². The molecular formula is C13H20BrClN2O2S. The summed E-state index contributed by atoms with van der Waals surface area (Å²) in [5.41, 5.74) is 0.656. The third kappa shape index (κ3) is 5.33. The Bertz CT molecular complexity index is 528. The summed E-state index contributed by atoms with van der Waals surface area (Å²) >= 11 is 5.87. The fourth-order valence-corrected chi connectivity index (χ4v) is 3.79. The molecule has 1 aliphatic heterocycles. The Labute approximate surface area is 136 Å². The lowest BCUT2D eigenvalue weighted by molar-refractivity contribution is 0.285. The number of piperidine rings is 1. The van der Waals surface area contributed by atoms with E-state index in [9.17, 15) is 8.42 Å². The molecule has 0 bridgehead atoms. The van der Waals surface area contributed by atoms with Gasteiger partial charge in [0, 0.05) is 17.1 Å². The van der Waals surface area contributed by atoms with Gasteiger partial charge in [-0.05, 0) is 43.5 Å². The summed E-state index contributed by atoms with van der Waals surface area (Å²) in [4.78, 5) is 0. The number of benzene rings is 1. The van der Waals surface area contributed by atoms with Crippen LogP contribution in [0, 0.1) is 0 Å². The van der Waals surface area contributed by atoms with Gasteiger partial charge in [-0.15, -0.1) is 17.0 Å². The summed E-state index contributed by atoms with van der Waals surface area (Å²) in [6.45, 7) is 1.59. The number of hydrogen-bond acceptors (Lipinski definition) is 3. The second-order valence-corrected chi connectivity index (χ2v) is 7.42. The zero-order valence-corrected chi connectivity index (χ0v) is 14.6. The Morgan fingerprint density at radius 2 is 2.00 bits per heavy atom. The summed E-state index contributed by atoms with van der Waals surface area (Å²) < 4.78 is 26.0. The van der Waals surface area contributed by atoms with Gasteiger partial charge in [-0.3, -0.25) is 0 Å². The minimum Gasteiger partial charge on any atom is -0.315 e. The monoisotopic (exact) mass is 382 g/mol. The molecule has 1 unspecified atom stereocenters. The van der Waals surface area contributed by atoms with Gasteiger partial charge in [-0.1, -0.05) is 23.7 Å². The van der Waals surface area contributed by atoms with Crippen LogP contribution in [0.25, 0.3) is 0 Å². The minimum atomic E-state index is -3.23. The van der Waals surface area contributed by atoms with Gasteiger partial charge in [-0.2, -0.15) is 0 Å². The molecule has 0 radical (unpaired) electrons. The Hall–Kier alpha value is -0.140. The van der Waals surface area contributed by atoms with Gasteiger partial charge in [0.05, 0.1) is 6.26 Å². The van der Waals surface area contributed by atoms with Crippen LogP contribution in [0.3, 0.4) is 0 Å². The van der Waals surface area contributed by atoms with Gasteiger partial charge in [0.25, 0.3) is 0 Å². The standard InChI is InChI=1S/C13H19ClN2O2S.BrH/c1-19(17,18)16-13(7-2-8-15-10-13)9-11-3-5-12(14)6-4-11;/h3-6,15-16H,2,7-10H2,1H3;1H. The van der Waals surface area contributed by atoms with Crippen molar-refractivity contribution in [1.29, 1.82) is 0 Å². The molecule has 1 fully saturated rings. The van der Waals surface area contributed by atoms with Crippen LogP contribution in [0.15, 0.2) is 24.3 Å². The Kier molecular flexibility index (Phi) is 6.47. The van der Waals surface area contributed by atoms with Crippen molar-refractivity contribution < 1.29 is 8.42 Å². The van der Waals surface area contributed by atoms with Gasteiger partial charge in [-0.25, -0.2) is 13.1 Å². The van der Waals surface area contributed by atoms with Crippen molar-refractivity contribution in [3.8, 4) is 0 Å². The van der Waals surface area contributed by atoms with Crippen molar-refractivity contribution in [3.05, 3.63) is 34.9 Å². The molecule has 1 heterocycles. The zero-order chi connectivity index (χ0) is 13.9. The van der Waals surface area contributed by atoms with Crippen molar-refractivity contribution in [2.24, 2.45) is 0 Å². The average molecular weight is 384 g/mol. The second kappa shape index (κ2) is 7.22. The van der Waals surface area contributed by atoms with Gasteiger partial charge in [0.1, 0.15) is 0 Å². The van der Waals surface area contributed by atoms with Gasteiger partial charge < -0.3 is 5.32 Å². The van der Waals surface area contributed by atoms with Gasteiger partial charge in [0.2, 0.25) is 10.0 Å². The first-order valence-electron chi connectivity index (χ1n) is 6.33. The lowest BCUT2D eigenvalue weighted by atomic mass is 9.85. The fraction of sp³-hybridized carbons (Fsp3) is 0.538. The number of rotatable bonds is 4. The number of nitrogens with one attached hydrogen (secondary N) is 2. The van der Waals surface area contributed by atoms with Crippen LogP contribution in [0.1, 0.15) is 18.4 Å². The number of hydrogen-bond donors (Lipinski definition) is 2. The van der Waals surface area contributed by atoms with E-state index in [4.69, 9.17) is 11.6 Å². The molecule has 1 saturated heterocycles. The quantitative estimate of drug-likeness (QED) is 0.837. The Morgan fingerprint density at radius 3 is 2.50 bits per heavy atom. The Balaban J connectivity index is 0.00000200. The van der Waals surface area contributed by atoms with E-state index in [0.717, 1.165) is 24.9 Å². The summed E-state index contributed by atoms with van der Waals surface area (Å²) in [7, 11) is -3.23. The van der Waals surface area contributed by atoms with E-state index < -0.39 is 15.6 Å². The summed E-state index contributed by atoms with van der Waals surface area (Å²) in [5, 5.41) is 3.97. The molecule has 0 saturated carbocycles. The molecule has 0 amide bonds. The van der Waals surface area contributed by atoms with Crippen molar-refractivity contribution in [1.82, 2.24) is 10.0 Å². The molecular weight excluding hydrogens is 364 g/mol. The largest absolute Gasteiger partial charge is 0.315 e. The first-order valence-corrected chi connectivity index (χ1v) is 8.60. The predicted octanol–water partition coefficient (Wildman–Crippen LogP) is 2.13. The molecule has 1 aromatic carbocycles. The Morgan fingerprint density at radius 1 is 1.35 bits per heavy atom. The van der Waals surface area contributed by atoms with Crippen molar-refractivity contribution in [2.45, 2.75) is 24.8 Å². The zero-order valence-electron chi connectivity index (χ0n) is 11.4. The van der Waals surface area contributed by atoms with Crippen molar-refractivity contribution >= 4 is 38.6 Å². The van der Waals surface area contributed by atoms with Gasteiger partial charge in [0.15, 0.2) is 0 Å². The first-order chi connectivity index (χ1) is 8.89. The fourth-order valence-electron chi connectivity index (χ4n) is 2.63. The average Bonchev–Trinajstić information content (AvgIpc) is 2.31. The first kappa shape index (κ1) is 17.9. The van der Waals surface area contributed by atoms with E-state index in [0.29, 0.717) is 18.0 Å². The highest BCUT2D eigenvalue weighted by Gasteiger charge is 2.34. The molecule has 0 aromatic heterocycles. The predicted molar refractivity (Wildman–Crippen MR) is 88.3 cm³/mol. The van der Waals surface area contributed by atoms with E-state index in [2.05, 4.69) is 10.0 Å². The molecule has 114 valence electrons. The molecule has 0 spiro atoms. The molecule has 2 N–H and O–H groups in total. The third-order valence-corrected chi connectivity index (χ3v) is 4.39. The maximum atomic E-state index is 11.6. The molecule has 20 heavy (non-hydrogen) atoms. The van der Waals surface area contributed by atoms with Crippen LogP contribution in [0.5, 0.6) is 0 Å². The molecule has 1 atom stereocenters. The maximum Gasteiger partial charge on any atom is 0.209 e.